The van der Waals surface area contributed by atoms with Crippen molar-refractivity contribution in [2.24, 2.45) is 5.73 Å². The second kappa shape index (κ2) is 10.6. The van der Waals surface area contributed by atoms with Crippen LogP contribution in [0.15, 0.2) is 24.3 Å². The molecule has 0 unspecified atom stereocenters. The minimum Gasteiger partial charge on any atom is -0.333 e. The van der Waals surface area contributed by atoms with Crippen molar-refractivity contribution in [1.29, 1.82) is 0 Å². The van der Waals surface area contributed by atoms with Gasteiger partial charge in [-0.15, -0.1) is 0 Å². The lowest BCUT2D eigenvalue weighted by Crippen LogP contribution is -2.06. The zero-order chi connectivity index (χ0) is 17.1. The molecule has 0 bridgehead atoms. The van der Waals surface area contributed by atoms with Crippen molar-refractivity contribution in [1.82, 2.24) is 0 Å². The Morgan fingerprint density at radius 3 is 1.86 bits per heavy atom. The summed E-state index contributed by atoms with van der Waals surface area (Å²) in [6.45, 7) is 4.00. The molecular weight excluding hydrogens is 307 g/mol. The van der Waals surface area contributed by atoms with Gasteiger partial charge in [-0.3, -0.25) is 4.55 Å². The molecule has 0 heterocycles. The Labute approximate surface area is 123 Å². The van der Waals surface area contributed by atoms with Crippen molar-refractivity contribution in [3.63, 3.8) is 0 Å². The predicted molar refractivity (Wildman–Crippen MR) is 77.6 cm³/mol. The van der Waals surface area contributed by atoms with Crippen molar-refractivity contribution >= 4 is 10.1 Å². The summed E-state index contributed by atoms with van der Waals surface area (Å²) >= 11 is 0. The molecule has 21 heavy (non-hydrogen) atoms. The third-order valence-corrected chi connectivity index (χ3v) is 2.95. The molecule has 0 saturated heterocycles. The standard InChI is InChI=1S/C10H11F3O3S.C2H6.CH5N/c11-10(12,13)9-5-3-8(4-6-9)2-1-7-17(14,15)16;2*1-2/h3-6H,1-2,7H2,(H,14,15,16);1-2H3;2H2,1H3. The summed E-state index contributed by atoms with van der Waals surface area (Å²) in [7, 11) is -2.51. The summed E-state index contributed by atoms with van der Waals surface area (Å²) in [5.41, 5.74) is 4.36. The molecule has 0 spiro atoms. The molecule has 0 aliphatic carbocycles. The number of aryl methyl sites for hydroxylation is 1. The molecule has 1 rings (SSSR count). The lowest BCUT2D eigenvalue weighted by Gasteiger charge is -2.07. The number of halogens is 3. The van der Waals surface area contributed by atoms with Gasteiger partial charge in [0.25, 0.3) is 10.1 Å². The summed E-state index contributed by atoms with van der Waals surface area (Å²) < 4.78 is 65.9. The van der Waals surface area contributed by atoms with Crippen molar-refractivity contribution in [2.45, 2.75) is 32.9 Å². The summed E-state index contributed by atoms with van der Waals surface area (Å²) in [4.78, 5) is 0. The van der Waals surface area contributed by atoms with E-state index >= 15 is 0 Å². The lowest BCUT2D eigenvalue weighted by atomic mass is 10.1. The highest BCUT2D eigenvalue weighted by Gasteiger charge is 2.29. The molecule has 0 saturated carbocycles. The van der Waals surface area contributed by atoms with E-state index in [1.54, 1.807) is 0 Å². The van der Waals surface area contributed by atoms with Crippen molar-refractivity contribution < 1.29 is 26.1 Å². The lowest BCUT2D eigenvalue weighted by molar-refractivity contribution is -0.137. The van der Waals surface area contributed by atoms with Crippen LogP contribution in [-0.4, -0.2) is 25.8 Å². The molecular formula is C13H22F3NO3S. The van der Waals surface area contributed by atoms with E-state index in [1.807, 2.05) is 13.8 Å². The van der Waals surface area contributed by atoms with Gasteiger partial charge in [-0.2, -0.15) is 21.6 Å². The summed E-state index contributed by atoms with van der Waals surface area (Å²) in [6.07, 6.45) is -3.89. The van der Waals surface area contributed by atoms with E-state index < -0.39 is 27.6 Å². The Kier molecular flexibility index (Phi) is 11.2. The number of benzene rings is 1. The van der Waals surface area contributed by atoms with Crippen LogP contribution in [0.4, 0.5) is 13.2 Å². The molecule has 1 aromatic carbocycles. The fraction of sp³-hybridized carbons (Fsp3) is 0.538. The first kappa shape index (κ1) is 22.2. The van der Waals surface area contributed by atoms with Gasteiger partial charge in [-0.05, 0) is 37.6 Å². The number of rotatable bonds is 4. The minimum atomic E-state index is -4.37. The van der Waals surface area contributed by atoms with Crippen LogP contribution < -0.4 is 5.73 Å². The van der Waals surface area contributed by atoms with Gasteiger partial charge in [0.05, 0.1) is 11.3 Å². The van der Waals surface area contributed by atoms with Crippen LogP contribution in [0.5, 0.6) is 0 Å². The Morgan fingerprint density at radius 2 is 1.52 bits per heavy atom. The van der Waals surface area contributed by atoms with Gasteiger partial charge in [-0.1, -0.05) is 26.0 Å². The first-order valence-corrected chi connectivity index (χ1v) is 7.98. The molecule has 0 aromatic heterocycles. The second-order valence-corrected chi connectivity index (χ2v) is 5.16. The fourth-order valence-corrected chi connectivity index (χ4v) is 1.83. The number of hydrogen-bond donors (Lipinski definition) is 2. The molecule has 3 N–H and O–H groups in total. The Hall–Kier alpha value is -1.12. The van der Waals surface area contributed by atoms with E-state index in [-0.39, 0.29) is 6.42 Å². The zero-order valence-corrected chi connectivity index (χ0v) is 13.1. The van der Waals surface area contributed by atoms with Crippen LogP contribution in [0, 0.1) is 0 Å². The maximum absolute atomic E-state index is 12.2. The largest absolute Gasteiger partial charge is 0.416 e. The van der Waals surface area contributed by atoms with Crippen LogP contribution in [0.25, 0.3) is 0 Å². The molecule has 8 heteroatoms. The maximum atomic E-state index is 12.2. The first-order chi connectivity index (χ1) is 9.68. The van der Waals surface area contributed by atoms with Crippen LogP contribution >= 0.6 is 0 Å². The SMILES string of the molecule is CC.CN.O=S(=O)(O)CCCc1ccc(C(F)(F)F)cc1. The second-order valence-electron chi connectivity index (χ2n) is 3.58. The van der Waals surface area contributed by atoms with Crippen LogP contribution in [0.1, 0.15) is 31.4 Å². The minimum absolute atomic E-state index is 0.171. The normalized spacial score (nSPS) is 10.9. The Bertz CT molecular complexity index is 470. The molecule has 0 radical (unpaired) electrons. The highest BCUT2D eigenvalue weighted by molar-refractivity contribution is 7.85. The van der Waals surface area contributed by atoms with E-state index in [1.165, 1.54) is 19.2 Å². The van der Waals surface area contributed by atoms with E-state index in [0.29, 0.717) is 12.0 Å². The Morgan fingerprint density at radius 1 is 1.10 bits per heavy atom. The van der Waals surface area contributed by atoms with Gasteiger partial charge >= 0.3 is 6.18 Å². The molecule has 0 aliphatic rings. The third kappa shape index (κ3) is 11.2. The first-order valence-electron chi connectivity index (χ1n) is 6.37. The quantitative estimate of drug-likeness (QED) is 0.832. The van der Waals surface area contributed by atoms with Gasteiger partial charge in [0.2, 0.25) is 0 Å². The van der Waals surface area contributed by atoms with Crippen molar-refractivity contribution in [3.8, 4) is 0 Å². The maximum Gasteiger partial charge on any atom is 0.416 e. The summed E-state index contributed by atoms with van der Waals surface area (Å²) in [6, 6.07) is 4.49. The highest BCUT2D eigenvalue weighted by Crippen LogP contribution is 2.29. The molecule has 0 atom stereocenters. The average molecular weight is 329 g/mol. The van der Waals surface area contributed by atoms with Gasteiger partial charge in [0, 0.05) is 0 Å². The number of alkyl halides is 3. The van der Waals surface area contributed by atoms with Crippen molar-refractivity contribution in [2.75, 3.05) is 12.8 Å². The average Bonchev–Trinajstić information content (AvgIpc) is 2.41. The van der Waals surface area contributed by atoms with Crippen LogP contribution in [0.3, 0.4) is 0 Å². The van der Waals surface area contributed by atoms with Crippen LogP contribution in [-0.2, 0) is 22.7 Å². The monoisotopic (exact) mass is 329 g/mol. The van der Waals surface area contributed by atoms with Crippen molar-refractivity contribution in [3.05, 3.63) is 35.4 Å². The van der Waals surface area contributed by atoms with Gasteiger partial charge < -0.3 is 5.73 Å². The molecule has 0 fully saturated rings. The smallest absolute Gasteiger partial charge is 0.333 e. The zero-order valence-electron chi connectivity index (χ0n) is 12.3. The van der Waals surface area contributed by atoms with Gasteiger partial charge in [0.1, 0.15) is 0 Å². The summed E-state index contributed by atoms with van der Waals surface area (Å²) in [5.74, 6) is -0.395. The number of hydrogen-bond acceptors (Lipinski definition) is 3. The molecule has 1 aromatic rings. The van der Waals surface area contributed by atoms with E-state index in [2.05, 4.69) is 5.73 Å². The van der Waals surface area contributed by atoms with E-state index in [4.69, 9.17) is 4.55 Å². The highest BCUT2D eigenvalue weighted by atomic mass is 32.2. The molecule has 4 nitrogen and oxygen atoms in total. The van der Waals surface area contributed by atoms with Gasteiger partial charge in [0.15, 0.2) is 0 Å². The number of nitrogens with two attached hydrogens (primary N) is 1. The van der Waals surface area contributed by atoms with Crippen LogP contribution in [0.2, 0.25) is 0 Å². The molecule has 0 aliphatic heterocycles. The molecule has 0 amide bonds. The molecule has 124 valence electrons. The predicted octanol–water partition coefficient (Wildman–Crippen LogP) is 3.13. The van der Waals surface area contributed by atoms with Gasteiger partial charge in [-0.25, -0.2) is 0 Å². The summed E-state index contributed by atoms with van der Waals surface area (Å²) in [5, 5.41) is 0. The van der Waals surface area contributed by atoms with E-state index in [0.717, 1.165) is 12.1 Å². The van der Waals surface area contributed by atoms with E-state index in [9.17, 15) is 21.6 Å². The fourth-order valence-electron chi connectivity index (χ4n) is 1.32. The topological polar surface area (TPSA) is 80.4 Å². The Balaban J connectivity index is 0. The third-order valence-electron chi connectivity index (χ3n) is 2.15.